The molecule has 0 bridgehead atoms. The van der Waals surface area contributed by atoms with Gasteiger partial charge in [0.05, 0.1) is 0 Å². The fraction of sp³-hybridized carbons (Fsp3) is 0. The zero-order valence-corrected chi connectivity index (χ0v) is 21.1. The second kappa shape index (κ2) is 7.69. The molecular weight excluding hydrogens is 472 g/mol. The Hall–Kier alpha value is -5.14. The van der Waals surface area contributed by atoms with Crippen molar-refractivity contribution in [2.24, 2.45) is 0 Å². The first-order chi connectivity index (χ1) is 19.3. The van der Waals surface area contributed by atoms with E-state index < -0.39 is 0 Å². The minimum Gasteiger partial charge on any atom is -0.455 e. The van der Waals surface area contributed by atoms with Crippen LogP contribution in [0.4, 0.5) is 0 Å². The van der Waals surface area contributed by atoms with Crippen LogP contribution in [0, 0.1) is 0 Å². The van der Waals surface area contributed by atoms with Gasteiger partial charge in [-0.3, -0.25) is 0 Å². The highest BCUT2D eigenvalue weighted by atomic mass is 16.5. The van der Waals surface area contributed by atoms with E-state index in [1.807, 2.05) is 0 Å². The lowest BCUT2D eigenvalue weighted by Gasteiger charge is -2.24. The van der Waals surface area contributed by atoms with Gasteiger partial charge in [0.15, 0.2) is 0 Å². The van der Waals surface area contributed by atoms with E-state index in [0.717, 1.165) is 22.4 Å². The standard InChI is InChI=1S/C38H22O/c1-4-11-27-23(8-1)16-17-26-22-25-10-3-5-12-28(25)37(35(26)27)31-20-21-32-33-19-18-24-9-2-6-13-29(24)38(33)39-34-15-7-14-30(31)36(32)34/h1-22H. The fourth-order valence-electron chi connectivity index (χ4n) is 6.70. The molecule has 1 aliphatic heterocycles. The molecule has 0 atom stereocenters. The van der Waals surface area contributed by atoms with Crippen molar-refractivity contribution in [1.29, 1.82) is 0 Å². The van der Waals surface area contributed by atoms with Crippen LogP contribution >= 0.6 is 0 Å². The SMILES string of the molecule is c1ccc2c3c(ccc2c1)-c1ccc(-c2c4ccccc4cc4ccc5ccccc5c24)c2cccc(c12)O3. The molecule has 1 nitrogen and oxygen atoms in total. The zero-order chi connectivity index (χ0) is 25.5. The lowest BCUT2D eigenvalue weighted by atomic mass is 9.84. The van der Waals surface area contributed by atoms with Gasteiger partial charge in [-0.15, -0.1) is 0 Å². The Bertz CT molecular complexity index is 2310. The second-order valence-electron chi connectivity index (χ2n) is 10.5. The van der Waals surface area contributed by atoms with Crippen LogP contribution in [0.15, 0.2) is 133 Å². The van der Waals surface area contributed by atoms with Gasteiger partial charge in [-0.05, 0) is 78.0 Å². The maximum Gasteiger partial charge on any atom is 0.143 e. The van der Waals surface area contributed by atoms with Crippen molar-refractivity contribution >= 4 is 53.9 Å². The molecule has 0 unspecified atom stereocenters. The van der Waals surface area contributed by atoms with Gasteiger partial charge in [0, 0.05) is 16.3 Å². The predicted octanol–water partition coefficient (Wildman–Crippen LogP) is 10.9. The normalized spacial score (nSPS) is 12.3. The number of ether oxygens (including phenoxy) is 1. The van der Waals surface area contributed by atoms with Gasteiger partial charge in [0.25, 0.3) is 0 Å². The van der Waals surface area contributed by atoms with E-state index in [1.54, 1.807) is 0 Å². The van der Waals surface area contributed by atoms with E-state index in [2.05, 4.69) is 133 Å². The van der Waals surface area contributed by atoms with E-state index in [0.29, 0.717) is 0 Å². The Kier molecular flexibility index (Phi) is 4.11. The molecule has 0 radical (unpaired) electrons. The van der Waals surface area contributed by atoms with E-state index in [4.69, 9.17) is 4.74 Å². The van der Waals surface area contributed by atoms with Gasteiger partial charge >= 0.3 is 0 Å². The highest BCUT2D eigenvalue weighted by molar-refractivity contribution is 6.25. The van der Waals surface area contributed by atoms with Crippen LogP contribution in [-0.2, 0) is 0 Å². The molecule has 0 saturated carbocycles. The van der Waals surface area contributed by atoms with Gasteiger partial charge in [0.1, 0.15) is 11.5 Å². The van der Waals surface area contributed by atoms with Crippen LogP contribution in [0.5, 0.6) is 11.5 Å². The first-order valence-electron chi connectivity index (χ1n) is 13.4. The first-order valence-corrected chi connectivity index (χ1v) is 13.4. The molecule has 0 N–H and O–H groups in total. The van der Waals surface area contributed by atoms with Crippen LogP contribution < -0.4 is 4.74 Å². The lowest BCUT2D eigenvalue weighted by molar-refractivity contribution is 0.493. The van der Waals surface area contributed by atoms with Crippen molar-refractivity contribution in [2.75, 3.05) is 0 Å². The van der Waals surface area contributed by atoms with Gasteiger partial charge in [-0.2, -0.15) is 0 Å². The molecule has 0 aliphatic carbocycles. The Labute approximate surface area is 225 Å². The number of rotatable bonds is 1. The summed E-state index contributed by atoms with van der Waals surface area (Å²) in [7, 11) is 0. The molecule has 8 aromatic rings. The van der Waals surface area contributed by atoms with Gasteiger partial charge in [-0.1, -0.05) is 115 Å². The summed E-state index contributed by atoms with van der Waals surface area (Å²) in [5.41, 5.74) is 4.90. The van der Waals surface area contributed by atoms with Crippen molar-refractivity contribution in [3.63, 3.8) is 0 Å². The van der Waals surface area contributed by atoms with Crippen LogP contribution in [0.25, 0.3) is 76.1 Å². The van der Waals surface area contributed by atoms with Crippen molar-refractivity contribution < 1.29 is 4.74 Å². The summed E-state index contributed by atoms with van der Waals surface area (Å²) in [6, 6.07) is 48.3. The second-order valence-corrected chi connectivity index (χ2v) is 10.5. The third kappa shape index (κ3) is 2.85. The summed E-state index contributed by atoms with van der Waals surface area (Å²) in [5, 5.41) is 12.4. The first kappa shape index (κ1) is 20.9. The van der Waals surface area contributed by atoms with Crippen LogP contribution in [-0.4, -0.2) is 0 Å². The van der Waals surface area contributed by atoms with E-state index in [9.17, 15) is 0 Å². The largest absolute Gasteiger partial charge is 0.455 e. The summed E-state index contributed by atoms with van der Waals surface area (Å²) in [6.45, 7) is 0. The zero-order valence-electron chi connectivity index (χ0n) is 21.1. The number of hydrogen-bond donors (Lipinski definition) is 0. The van der Waals surface area contributed by atoms with Gasteiger partial charge < -0.3 is 4.74 Å². The van der Waals surface area contributed by atoms with Crippen LogP contribution in [0.2, 0.25) is 0 Å². The van der Waals surface area contributed by atoms with Crippen molar-refractivity contribution in [3.05, 3.63) is 133 Å². The molecule has 0 fully saturated rings. The van der Waals surface area contributed by atoms with E-state index in [1.165, 1.54) is 65.2 Å². The number of benzene rings is 8. The Balaban J connectivity index is 1.44. The lowest BCUT2D eigenvalue weighted by Crippen LogP contribution is -1.99. The molecule has 0 saturated heterocycles. The molecule has 0 amide bonds. The van der Waals surface area contributed by atoms with E-state index >= 15 is 0 Å². The molecule has 8 aromatic carbocycles. The third-order valence-electron chi connectivity index (χ3n) is 8.41. The molecule has 1 aliphatic rings. The van der Waals surface area contributed by atoms with Gasteiger partial charge in [0.2, 0.25) is 0 Å². The summed E-state index contributed by atoms with van der Waals surface area (Å²) in [6.07, 6.45) is 0. The number of fused-ring (bicyclic) bond motifs is 8. The summed E-state index contributed by atoms with van der Waals surface area (Å²) in [5.74, 6) is 1.87. The molecule has 0 spiro atoms. The molecule has 0 aromatic heterocycles. The third-order valence-corrected chi connectivity index (χ3v) is 8.41. The Morgan fingerprint density at radius 1 is 0.359 bits per heavy atom. The fourth-order valence-corrected chi connectivity index (χ4v) is 6.70. The van der Waals surface area contributed by atoms with Crippen LogP contribution in [0.3, 0.4) is 0 Å². The monoisotopic (exact) mass is 494 g/mol. The smallest absolute Gasteiger partial charge is 0.143 e. The van der Waals surface area contributed by atoms with E-state index in [-0.39, 0.29) is 0 Å². The highest BCUT2D eigenvalue weighted by Crippen LogP contribution is 2.52. The molecule has 1 heterocycles. The predicted molar refractivity (Wildman–Crippen MR) is 165 cm³/mol. The summed E-state index contributed by atoms with van der Waals surface area (Å²) < 4.78 is 6.70. The average molecular weight is 495 g/mol. The van der Waals surface area contributed by atoms with Crippen LogP contribution in [0.1, 0.15) is 0 Å². The summed E-state index contributed by atoms with van der Waals surface area (Å²) >= 11 is 0. The summed E-state index contributed by atoms with van der Waals surface area (Å²) in [4.78, 5) is 0. The van der Waals surface area contributed by atoms with Crippen molar-refractivity contribution in [3.8, 4) is 33.8 Å². The van der Waals surface area contributed by atoms with Crippen molar-refractivity contribution in [1.82, 2.24) is 0 Å². The average Bonchev–Trinajstić information content (AvgIpc) is 3.00. The minimum atomic E-state index is 0.919. The molecule has 39 heavy (non-hydrogen) atoms. The highest BCUT2D eigenvalue weighted by Gasteiger charge is 2.24. The maximum atomic E-state index is 6.70. The van der Waals surface area contributed by atoms with Gasteiger partial charge in [-0.25, -0.2) is 0 Å². The molecule has 9 rings (SSSR count). The quantitative estimate of drug-likeness (QED) is 0.163. The van der Waals surface area contributed by atoms with Crippen molar-refractivity contribution in [2.45, 2.75) is 0 Å². The molecule has 180 valence electrons. The minimum absolute atomic E-state index is 0.919. The Morgan fingerprint density at radius 3 is 1.85 bits per heavy atom. The number of hydrogen-bond acceptors (Lipinski definition) is 1. The maximum absolute atomic E-state index is 6.70. The Morgan fingerprint density at radius 2 is 0.974 bits per heavy atom. The molecule has 1 heteroatoms. The topological polar surface area (TPSA) is 9.23 Å². The molecular formula is C38H22O.